The minimum atomic E-state index is -0.809. The topological polar surface area (TPSA) is 49.8 Å². The third-order valence-electron chi connectivity index (χ3n) is 5.59. The first-order valence-corrected chi connectivity index (χ1v) is 9.94. The molecule has 6 heteroatoms. The lowest BCUT2D eigenvalue weighted by Gasteiger charge is -2.38. The van der Waals surface area contributed by atoms with Crippen molar-refractivity contribution in [3.05, 3.63) is 65.2 Å². The van der Waals surface area contributed by atoms with E-state index >= 15 is 0 Å². The molecule has 3 rings (SSSR count). The molecule has 0 aliphatic carbocycles. The van der Waals surface area contributed by atoms with Gasteiger partial charge in [0.1, 0.15) is 17.4 Å². The summed E-state index contributed by atoms with van der Waals surface area (Å²) in [4.78, 5) is 14.4. The minimum absolute atomic E-state index is 0.0566. The van der Waals surface area contributed by atoms with E-state index in [-0.39, 0.29) is 17.8 Å². The van der Waals surface area contributed by atoms with Crippen LogP contribution in [-0.2, 0) is 6.42 Å². The van der Waals surface area contributed by atoms with E-state index in [4.69, 9.17) is 4.74 Å². The van der Waals surface area contributed by atoms with Gasteiger partial charge in [-0.1, -0.05) is 12.1 Å². The van der Waals surface area contributed by atoms with Crippen molar-refractivity contribution >= 4 is 5.78 Å². The molecule has 1 N–H and O–H groups in total. The Balaban J connectivity index is 1.42. The molecule has 1 aliphatic rings. The van der Waals surface area contributed by atoms with Crippen LogP contribution in [-0.4, -0.2) is 48.1 Å². The third-order valence-corrected chi connectivity index (χ3v) is 5.59. The number of Topliss-reactive ketones (excluding diaryl/α,β-unsaturated/α-hetero) is 1. The van der Waals surface area contributed by atoms with Crippen molar-refractivity contribution in [2.45, 2.75) is 37.7 Å². The van der Waals surface area contributed by atoms with Gasteiger partial charge in [0, 0.05) is 32.0 Å². The number of likely N-dealkylation sites (tertiary alicyclic amines) is 1. The predicted octanol–water partition coefficient (Wildman–Crippen LogP) is 4.01. The fourth-order valence-corrected chi connectivity index (χ4v) is 3.81. The zero-order chi connectivity index (χ0) is 20.9. The van der Waals surface area contributed by atoms with Gasteiger partial charge in [-0.3, -0.25) is 4.79 Å². The highest BCUT2D eigenvalue weighted by Crippen LogP contribution is 2.27. The molecule has 0 spiro atoms. The molecule has 0 saturated carbocycles. The smallest absolute Gasteiger partial charge is 0.165 e. The first kappa shape index (κ1) is 21.4. The molecule has 4 nitrogen and oxygen atoms in total. The summed E-state index contributed by atoms with van der Waals surface area (Å²) in [5.74, 6) is -1.01. The van der Waals surface area contributed by atoms with E-state index in [9.17, 15) is 18.7 Å². The van der Waals surface area contributed by atoms with E-state index in [1.54, 1.807) is 7.11 Å². The molecule has 29 heavy (non-hydrogen) atoms. The molecular formula is C23H27F2NO3. The maximum absolute atomic E-state index is 13.7. The summed E-state index contributed by atoms with van der Waals surface area (Å²) in [6.07, 6.45) is 2.76. The van der Waals surface area contributed by atoms with Crippen LogP contribution in [0, 0.1) is 11.6 Å². The molecule has 2 aromatic rings. The summed E-state index contributed by atoms with van der Waals surface area (Å²) in [7, 11) is 1.63. The Kier molecular flexibility index (Phi) is 6.98. The molecule has 156 valence electrons. The summed E-state index contributed by atoms with van der Waals surface area (Å²) in [5, 5.41) is 10.9. The molecule has 0 amide bonds. The van der Waals surface area contributed by atoms with E-state index in [2.05, 4.69) is 4.90 Å². The lowest BCUT2D eigenvalue weighted by molar-refractivity contribution is -0.0207. The van der Waals surface area contributed by atoms with Crippen LogP contribution in [0.5, 0.6) is 5.75 Å². The molecule has 0 radical (unpaired) electrons. The van der Waals surface area contributed by atoms with Crippen LogP contribution < -0.4 is 4.74 Å². The lowest BCUT2D eigenvalue weighted by atomic mass is 9.85. The van der Waals surface area contributed by atoms with E-state index in [0.717, 1.165) is 36.5 Å². The number of carbonyl (C=O) groups is 1. The molecule has 1 fully saturated rings. The number of ether oxygens (including phenoxy) is 1. The first-order chi connectivity index (χ1) is 13.9. The van der Waals surface area contributed by atoms with Gasteiger partial charge in [-0.25, -0.2) is 8.78 Å². The van der Waals surface area contributed by atoms with Gasteiger partial charge in [0.2, 0.25) is 0 Å². The zero-order valence-electron chi connectivity index (χ0n) is 16.7. The Labute approximate surface area is 170 Å². The number of carbonyl (C=O) groups excluding carboxylic acids is 1. The van der Waals surface area contributed by atoms with Crippen LogP contribution in [0.3, 0.4) is 0 Å². The lowest BCUT2D eigenvalue weighted by Crippen LogP contribution is -2.45. The van der Waals surface area contributed by atoms with Crippen molar-refractivity contribution in [2.75, 3.05) is 26.7 Å². The first-order valence-electron chi connectivity index (χ1n) is 9.94. The Morgan fingerprint density at radius 3 is 2.45 bits per heavy atom. The number of methoxy groups -OCH3 is 1. The molecule has 0 atom stereocenters. The summed E-state index contributed by atoms with van der Waals surface area (Å²) in [5.41, 5.74) is 0.297. The summed E-state index contributed by atoms with van der Waals surface area (Å²) >= 11 is 0. The van der Waals surface area contributed by atoms with Crippen LogP contribution in [0.25, 0.3) is 0 Å². The molecule has 0 aromatic heterocycles. The van der Waals surface area contributed by atoms with Gasteiger partial charge in [0.25, 0.3) is 0 Å². The van der Waals surface area contributed by atoms with Crippen molar-refractivity contribution in [1.29, 1.82) is 0 Å². The predicted molar refractivity (Wildman–Crippen MR) is 107 cm³/mol. The number of hydrogen-bond donors (Lipinski definition) is 1. The van der Waals surface area contributed by atoms with Crippen molar-refractivity contribution in [1.82, 2.24) is 4.90 Å². The van der Waals surface area contributed by atoms with E-state index in [1.807, 2.05) is 24.3 Å². The molecule has 1 heterocycles. The summed E-state index contributed by atoms with van der Waals surface area (Å²) in [6, 6.07) is 10.8. The van der Waals surface area contributed by atoms with Gasteiger partial charge in [-0.05, 0) is 55.6 Å². The molecule has 1 aliphatic heterocycles. The fourth-order valence-electron chi connectivity index (χ4n) is 3.81. The Morgan fingerprint density at radius 1 is 1.14 bits per heavy atom. The second kappa shape index (κ2) is 9.46. The monoisotopic (exact) mass is 403 g/mol. The van der Waals surface area contributed by atoms with Crippen LogP contribution >= 0.6 is 0 Å². The minimum Gasteiger partial charge on any atom is -0.497 e. The number of ketones is 1. The molecule has 0 bridgehead atoms. The highest BCUT2D eigenvalue weighted by Gasteiger charge is 2.32. The quantitative estimate of drug-likeness (QED) is 0.677. The number of hydrogen-bond acceptors (Lipinski definition) is 4. The van der Waals surface area contributed by atoms with E-state index in [0.29, 0.717) is 32.2 Å². The second-order valence-electron chi connectivity index (χ2n) is 7.74. The van der Waals surface area contributed by atoms with Crippen molar-refractivity contribution in [2.24, 2.45) is 0 Å². The van der Waals surface area contributed by atoms with Crippen molar-refractivity contribution in [3.63, 3.8) is 0 Å². The van der Waals surface area contributed by atoms with Crippen LogP contribution in [0.4, 0.5) is 8.78 Å². The van der Waals surface area contributed by atoms with Crippen molar-refractivity contribution < 1.29 is 23.4 Å². The van der Waals surface area contributed by atoms with Gasteiger partial charge in [0.05, 0.1) is 18.3 Å². The van der Waals surface area contributed by atoms with E-state index < -0.39 is 17.2 Å². The largest absolute Gasteiger partial charge is 0.497 e. The molecular weight excluding hydrogens is 376 g/mol. The number of nitrogens with zero attached hydrogens (tertiary/aromatic N) is 1. The molecule has 0 unspecified atom stereocenters. The zero-order valence-corrected chi connectivity index (χ0v) is 16.7. The van der Waals surface area contributed by atoms with E-state index in [1.165, 1.54) is 6.07 Å². The number of piperidine rings is 1. The maximum Gasteiger partial charge on any atom is 0.165 e. The number of halogens is 2. The average Bonchev–Trinajstić information content (AvgIpc) is 2.70. The molecule has 2 aromatic carbocycles. The van der Waals surface area contributed by atoms with Gasteiger partial charge >= 0.3 is 0 Å². The van der Waals surface area contributed by atoms with Crippen LogP contribution in [0.15, 0.2) is 42.5 Å². The second-order valence-corrected chi connectivity index (χ2v) is 7.74. The summed E-state index contributed by atoms with van der Waals surface area (Å²) < 4.78 is 31.8. The van der Waals surface area contributed by atoms with Crippen LogP contribution in [0.1, 0.15) is 41.6 Å². The van der Waals surface area contributed by atoms with Gasteiger partial charge in [-0.15, -0.1) is 0 Å². The Hall–Kier alpha value is -2.31. The van der Waals surface area contributed by atoms with Crippen molar-refractivity contribution in [3.8, 4) is 5.75 Å². The van der Waals surface area contributed by atoms with Crippen LogP contribution in [0.2, 0.25) is 0 Å². The SMILES string of the molecule is COc1ccc(CC2(O)CCN(CCCC(=O)c3ccc(F)cc3F)CC2)cc1. The highest BCUT2D eigenvalue weighted by molar-refractivity contribution is 5.96. The summed E-state index contributed by atoms with van der Waals surface area (Å²) in [6.45, 7) is 2.23. The third kappa shape index (κ3) is 5.84. The number of rotatable bonds is 8. The fraction of sp³-hybridized carbons (Fsp3) is 0.435. The Morgan fingerprint density at radius 2 is 1.83 bits per heavy atom. The van der Waals surface area contributed by atoms with Gasteiger partial charge < -0.3 is 14.7 Å². The number of benzene rings is 2. The highest BCUT2D eigenvalue weighted by atomic mass is 19.1. The van der Waals surface area contributed by atoms with Gasteiger partial charge in [-0.2, -0.15) is 0 Å². The average molecular weight is 403 g/mol. The normalized spacial score (nSPS) is 16.6. The Bertz CT molecular complexity index is 831. The standard InChI is InChI=1S/C23H27F2NO3/c1-29-19-7-4-17(5-8-19)16-23(28)10-13-26(14-11-23)12-2-3-22(27)20-9-6-18(24)15-21(20)25/h4-9,15,28H,2-3,10-14,16H2,1H3. The molecule has 1 saturated heterocycles. The number of aliphatic hydroxyl groups is 1. The van der Waals surface area contributed by atoms with Gasteiger partial charge in [0.15, 0.2) is 5.78 Å². The maximum atomic E-state index is 13.7.